The van der Waals surface area contributed by atoms with E-state index < -0.39 is 0 Å². The molecule has 0 saturated carbocycles. The molecule has 2 amide bonds. The lowest BCUT2D eigenvalue weighted by Crippen LogP contribution is -2.44. The summed E-state index contributed by atoms with van der Waals surface area (Å²) in [5.41, 5.74) is 0.728. The first-order valence-corrected chi connectivity index (χ1v) is 7.80. The summed E-state index contributed by atoms with van der Waals surface area (Å²) in [5, 5.41) is 0. The van der Waals surface area contributed by atoms with Gasteiger partial charge in [-0.1, -0.05) is 18.2 Å². The molecule has 4 heteroatoms. The Morgan fingerprint density at radius 2 is 1.67 bits per heavy atom. The van der Waals surface area contributed by atoms with Gasteiger partial charge in [-0.3, -0.25) is 9.59 Å². The van der Waals surface area contributed by atoms with Gasteiger partial charge in [0.1, 0.15) is 0 Å². The number of nitrogens with zero attached hydrogens (tertiary/aromatic N) is 2. The van der Waals surface area contributed by atoms with Gasteiger partial charge in [0.2, 0.25) is 5.91 Å². The molecular formula is C17H24N2O2. The monoisotopic (exact) mass is 288 g/mol. The molecular weight excluding hydrogens is 264 g/mol. The van der Waals surface area contributed by atoms with Crippen molar-refractivity contribution in [1.29, 1.82) is 0 Å². The van der Waals surface area contributed by atoms with Crippen molar-refractivity contribution in [3.63, 3.8) is 0 Å². The van der Waals surface area contributed by atoms with Crippen LogP contribution in [-0.2, 0) is 4.79 Å². The van der Waals surface area contributed by atoms with Crippen molar-refractivity contribution in [2.75, 3.05) is 26.2 Å². The zero-order chi connectivity index (χ0) is 15.2. The first-order valence-electron chi connectivity index (χ1n) is 7.80. The summed E-state index contributed by atoms with van der Waals surface area (Å²) in [7, 11) is 0. The largest absolute Gasteiger partial charge is 0.343 e. The van der Waals surface area contributed by atoms with E-state index in [1.165, 1.54) is 0 Å². The van der Waals surface area contributed by atoms with Gasteiger partial charge in [-0.15, -0.1) is 0 Å². The summed E-state index contributed by atoms with van der Waals surface area (Å²) in [6, 6.07) is 9.35. The smallest absolute Gasteiger partial charge is 0.253 e. The van der Waals surface area contributed by atoms with Crippen LogP contribution in [0.2, 0.25) is 0 Å². The lowest BCUT2D eigenvalue weighted by atomic mass is 9.94. The molecule has 4 nitrogen and oxygen atoms in total. The Labute approximate surface area is 126 Å². The number of piperidine rings is 1. The Bertz CT molecular complexity index is 475. The Hall–Kier alpha value is -1.84. The molecule has 1 aromatic carbocycles. The minimum atomic E-state index is 0.0735. The molecule has 1 aromatic rings. The van der Waals surface area contributed by atoms with Gasteiger partial charge in [-0.05, 0) is 38.8 Å². The van der Waals surface area contributed by atoms with Gasteiger partial charge in [-0.25, -0.2) is 0 Å². The second kappa shape index (κ2) is 7.25. The van der Waals surface area contributed by atoms with Crippen molar-refractivity contribution in [2.45, 2.75) is 26.7 Å². The number of likely N-dealkylation sites (tertiary alicyclic amines) is 1. The van der Waals surface area contributed by atoms with Crippen molar-refractivity contribution in [3.8, 4) is 0 Å². The van der Waals surface area contributed by atoms with Crippen LogP contribution in [0.25, 0.3) is 0 Å². The van der Waals surface area contributed by atoms with Crippen LogP contribution in [0.1, 0.15) is 37.0 Å². The number of rotatable bonds is 4. The molecule has 0 bridgehead atoms. The molecule has 0 N–H and O–H groups in total. The summed E-state index contributed by atoms with van der Waals surface area (Å²) in [4.78, 5) is 28.4. The van der Waals surface area contributed by atoms with Crippen molar-refractivity contribution >= 4 is 11.8 Å². The van der Waals surface area contributed by atoms with Crippen LogP contribution in [-0.4, -0.2) is 47.8 Å². The fraction of sp³-hybridized carbons (Fsp3) is 0.529. The first kappa shape index (κ1) is 15.5. The fourth-order valence-corrected chi connectivity index (χ4v) is 2.89. The normalized spacial score (nSPS) is 15.8. The molecule has 0 unspecified atom stereocenters. The molecule has 0 aromatic heterocycles. The predicted octanol–water partition coefficient (Wildman–Crippen LogP) is 2.41. The average molecular weight is 288 g/mol. The van der Waals surface area contributed by atoms with Crippen LogP contribution in [0.5, 0.6) is 0 Å². The van der Waals surface area contributed by atoms with Crippen LogP contribution >= 0.6 is 0 Å². The van der Waals surface area contributed by atoms with Gasteiger partial charge in [0, 0.05) is 37.7 Å². The highest BCUT2D eigenvalue weighted by Gasteiger charge is 2.29. The first-order chi connectivity index (χ1) is 10.2. The van der Waals surface area contributed by atoms with Gasteiger partial charge < -0.3 is 9.80 Å². The molecule has 1 heterocycles. The van der Waals surface area contributed by atoms with Crippen LogP contribution in [0, 0.1) is 5.92 Å². The van der Waals surface area contributed by atoms with Crippen molar-refractivity contribution in [1.82, 2.24) is 9.80 Å². The molecule has 114 valence electrons. The SMILES string of the molecule is CCN(CC)C(=O)C1CCN(C(=O)c2ccccc2)CC1. The Kier molecular flexibility index (Phi) is 5.37. The van der Waals surface area contributed by atoms with E-state index in [4.69, 9.17) is 0 Å². The molecule has 2 rings (SSSR count). The molecule has 0 aliphatic carbocycles. The van der Waals surface area contributed by atoms with E-state index in [1.807, 2.05) is 54.0 Å². The molecule has 21 heavy (non-hydrogen) atoms. The van der Waals surface area contributed by atoms with Crippen LogP contribution < -0.4 is 0 Å². The third-order valence-corrected chi connectivity index (χ3v) is 4.23. The number of carbonyl (C=O) groups is 2. The van der Waals surface area contributed by atoms with E-state index in [9.17, 15) is 9.59 Å². The highest BCUT2D eigenvalue weighted by molar-refractivity contribution is 5.94. The summed E-state index contributed by atoms with van der Waals surface area (Å²) in [5.74, 6) is 0.390. The van der Waals surface area contributed by atoms with Crippen molar-refractivity contribution in [2.24, 2.45) is 5.92 Å². The zero-order valence-corrected chi connectivity index (χ0v) is 12.9. The van der Waals surface area contributed by atoms with Crippen LogP contribution in [0.4, 0.5) is 0 Å². The number of carbonyl (C=O) groups excluding carboxylic acids is 2. The van der Waals surface area contributed by atoms with Crippen molar-refractivity contribution in [3.05, 3.63) is 35.9 Å². The summed E-state index contributed by atoms with van der Waals surface area (Å²) in [6.07, 6.45) is 1.54. The van der Waals surface area contributed by atoms with E-state index in [2.05, 4.69) is 0 Å². The Morgan fingerprint density at radius 3 is 2.19 bits per heavy atom. The van der Waals surface area contributed by atoms with E-state index in [-0.39, 0.29) is 17.7 Å². The fourth-order valence-electron chi connectivity index (χ4n) is 2.89. The van der Waals surface area contributed by atoms with Gasteiger partial charge in [0.05, 0.1) is 0 Å². The summed E-state index contributed by atoms with van der Waals surface area (Å²) < 4.78 is 0. The summed E-state index contributed by atoms with van der Waals surface area (Å²) >= 11 is 0. The van der Waals surface area contributed by atoms with E-state index in [0.717, 1.165) is 31.5 Å². The second-order valence-electron chi connectivity index (χ2n) is 5.44. The van der Waals surface area contributed by atoms with Crippen LogP contribution in [0.3, 0.4) is 0 Å². The lowest BCUT2D eigenvalue weighted by Gasteiger charge is -2.33. The molecule has 1 aliphatic rings. The van der Waals surface area contributed by atoms with Gasteiger partial charge >= 0.3 is 0 Å². The van der Waals surface area contributed by atoms with Gasteiger partial charge in [0.25, 0.3) is 5.91 Å². The quantitative estimate of drug-likeness (QED) is 0.853. The number of amides is 2. The predicted molar refractivity (Wildman–Crippen MR) is 83.0 cm³/mol. The maximum absolute atomic E-state index is 12.4. The highest BCUT2D eigenvalue weighted by Crippen LogP contribution is 2.21. The standard InChI is InChI=1S/C17H24N2O2/c1-3-18(4-2)16(20)15-10-12-19(13-11-15)17(21)14-8-6-5-7-9-14/h5-9,15H,3-4,10-13H2,1-2H3. The van der Waals surface area contributed by atoms with Crippen molar-refractivity contribution < 1.29 is 9.59 Å². The molecule has 1 fully saturated rings. The van der Waals surface area contributed by atoms with E-state index in [0.29, 0.717) is 13.1 Å². The van der Waals surface area contributed by atoms with E-state index >= 15 is 0 Å². The Morgan fingerprint density at radius 1 is 1.10 bits per heavy atom. The molecule has 1 saturated heterocycles. The van der Waals surface area contributed by atoms with Gasteiger partial charge in [-0.2, -0.15) is 0 Å². The zero-order valence-electron chi connectivity index (χ0n) is 12.9. The maximum atomic E-state index is 12.4. The average Bonchev–Trinajstić information content (AvgIpc) is 2.56. The Balaban J connectivity index is 1.91. The molecule has 0 atom stereocenters. The van der Waals surface area contributed by atoms with E-state index in [1.54, 1.807) is 0 Å². The highest BCUT2D eigenvalue weighted by atomic mass is 16.2. The summed E-state index contributed by atoms with van der Waals surface area (Å²) in [6.45, 7) is 6.89. The third kappa shape index (κ3) is 3.63. The lowest BCUT2D eigenvalue weighted by molar-refractivity contribution is -0.136. The molecule has 1 aliphatic heterocycles. The minimum absolute atomic E-state index is 0.0735. The second-order valence-corrected chi connectivity index (χ2v) is 5.44. The number of hydrogen-bond acceptors (Lipinski definition) is 2. The molecule has 0 spiro atoms. The number of hydrogen-bond donors (Lipinski definition) is 0. The maximum Gasteiger partial charge on any atom is 0.253 e. The number of benzene rings is 1. The third-order valence-electron chi connectivity index (χ3n) is 4.23. The van der Waals surface area contributed by atoms with Gasteiger partial charge in [0.15, 0.2) is 0 Å². The molecule has 0 radical (unpaired) electrons. The topological polar surface area (TPSA) is 40.6 Å². The van der Waals surface area contributed by atoms with Crippen LogP contribution in [0.15, 0.2) is 30.3 Å². The minimum Gasteiger partial charge on any atom is -0.343 e.